The zero-order valence-electron chi connectivity index (χ0n) is 31.2. The van der Waals surface area contributed by atoms with Gasteiger partial charge in [-0.25, -0.2) is 0 Å². The number of allylic oxidation sites excluding steroid dienone is 4. The van der Waals surface area contributed by atoms with Crippen LogP contribution in [0.3, 0.4) is 0 Å². The number of aliphatic hydroxyl groups excluding tert-OH is 2. The molecule has 0 fully saturated rings. The van der Waals surface area contributed by atoms with E-state index in [1.165, 1.54) is 43.2 Å². The van der Waals surface area contributed by atoms with Gasteiger partial charge in [-0.15, -0.1) is 0 Å². The predicted molar refractivity (Wildman–Crippen MR) is 200 cm³/mol. The lowest BCUT2D eigenvalue weighted by Gasteiger charge is -2.27. The van der Waals surface area contributed by atoms with Crippen LogP contribution in [0.4, 0.5) is 11.4 Å². The molecular formula is C38H48N4O12. The van der Waals surface area contributed by atoms with Gasteiger partial charge in [-0.3, -0.25) is 29.8 Å². The van der Waals surface area contributed by atoms with Crippen LogP contribution in [-0.4, -0.2) is 101 Å². The van der Waals surface area contributed by atoms with Gasteiger partial charge in [-0.2, -0.15) is 0 Å². The molecule has 16 heteroatoms. The fourth-order valence-electron chi connectivity index (χ4n) is 5.87. The lowest BCUT2D eigenvalue weighted by Crippen LogP contribution is -2.40. The molecule has 1 aliphatic rings. The predicted octanol–water partition coefficient (Wildman–Crippen LogP) is 5.77. The summed E-state index contributed by atoms with van der Waals surface area (Å²) in [6, 6.07) is 3.55. The Kier molecular flexibility index (Phi) is 16.2. The molecule has 1 heterocycles. The molecule has 2 aromatic carbocycles. The second kappa shape index (κ2) is 20.5. The molecule has 2 aromatic rings. The maximum absolute atomic E-state index is 13.4. The van der Waals surface area contributed by atoms with Gasteiger partial charge in [0, 0.05) is 25.4 Å². The van der Waals surface area contributed by atoms with Crippen molar-refractivity contribution in [3.05, 3.63) is 104 Å². The summed E-state index contributed by atoms with van der Waals surface area (Å²) in [5.41, 5.74) is 0.0809. The standard InChI is InChI=1S/C38H48N4O12/c1-7-12-25(3)16-27(23-43)39(4)37(45)29-18-33(51-5)35(20-31(29)41(47)48)53-14-10-9-11-15-54-36-21-32(42(49)50)30(19-34(36)52-6)38(46)40-22-26(13-8-2)17-28(40)24-44/h7-8,12-13,18-22,27-28,43-44H,3,9-11,14-17,23-24H2,1-2,4-6H3/b12-7+,13-8+. The molecule has 0 saturated heterocycles. The number of nitro benzene ring substituents is 2. The molecule has 0 radical (unpaired) electrons. The van der Waals surface area contributed by atoms with Gasteiger partial charge in [0.25, 0.3) is 23.2 Å². The quantitative estimate of drug-likeness (QED) is 0.0675. The Labute approximate surface area is 313 Å². The van der Waals surface area contributed by atoms with Crippen molar-refractivity contribution in [2.24, 2.45) is 0 Å². The second-order valence-corrected chi connectivity index (χ2v) is 12.4. The van der Waals surface area contributed by atoms with E-state index in [9.17, 15) is 40.0 Å². The van der Waals surface area contributed by atoms with Gasteiger partial charge < -0.3 is 39.0 Å². The first-order valence-corrected chi connectivity index (χ1v) is 17.3. The lowest BCUT2D eigenvalue weighted by molar-refractivity contribution is -0.385. The van der Waals surface area contributed by atoms with E-state index >= 15 is 0 Å². The summed E-state index contributed by atoms with van der Waals surface area (Å²) < 4.78 is 22.4. The highest BCUT2D eigenvalue weighted by Crippen LogP contribution is 2.38. The minimum Gasteiger partial charge on any atom is -0.493 e. The first kappa shape index (κ1) is 42.7. The summed E-state index contributed by atoms with van der Waals surface area (Å²) in [4.78, 5) is 52.0. The van der Waals surface area contributed by atoms with E-state index in [2.05, 4.69) is 6.58 Å². The molecule has 1 aliphatic heterocycles. The number of carbonyl (C=O) groups is 2. The van der Waals surface area contributed by atoms with Crippen LogP contribution < -0.4 is 18.9 Å². The normalized spacial score (nSPS) is 14.5. The highest BCUT2D eigenvalue weighted by molar-refractivity contribution is 6.00. The Hall–Kier alpha value is -5.74. The molecule has 3 rings (SSSR count). The Bertz CT molecular complexity index is 1790. The second-order valence-electron chi connectivity index (χ2n) is 12.4. The summed E-state index contributed by atoms with van der Waals surface area (Å²) in [6.45, 7) is 7.13. The molecule has 54 heavy (non-hydrogen) atoms. The van der Waals surface area contributed by atoms with Crippen LogP contribution in [0.25, 0.3) is 0 Å². The van der Waals surface area contributed by atoms with Crippen molar-refractivity contribution in [1.29, 1.82) is 0 Å². The first-order valence-electron chi connectivity index (χ1n) is 17.3. The fraction of sp³-hybridized carbons (Fsp3) is 0.421. The molecule has 0 aliphatic carbocycles. The Balaban J connectivity index is 1.65. The largest absolute Gasteiger partial charge is 0.493 e. The van der Waals surface area contributed by atoms with E-state index in [1.807, 2.05) is 13.8 Å². The number of aliphatic hydroxyl groups is 2. The van der Waals surface area contributed by atoms with Crippen LogP contribution in [0, 0.1) is 20.2 Å². The molecule has 292 valence electrons. The Morgan fingerprint density at radius 2 is 1.48 bits per heavy atom. The average molecular weight is 753 g/mol. The molecule has 0 aromatic heterocycles. The molecule has 16 nitrogen and oxygen atoms in total. The number of methoxy groups -OCH3 is 2. The Morgan fingerprint density at radius 1 is 0.926 bits per heavy atom. The zero-order chi connectivity index (χ0) is 39.9. The molecule has 0 bridgehead atoms. The molecule has 2 atom stereocenters. The van der Waals surface area contributed by atoms with E-state index in [0.717, 1.165) is 17.7 Å². The number of rotatable bonds is 21. The number of nitro groups is 2. The molecule has 2 amide bonds. The average Bonchev–Trinajstić information content (AvgIpc) is 3.58. The highest BCUT2D eigenvalue weighted by Gasteiger charge is 2.34. The zero-order valence-corrected chi connectivity index (χ0v) is 31.2. The number of amides is 2. The molecule has 2 N–H and O–H groups in total. The van der Waals surface area contributed by atoms with Gasteiger partial charge in [0.2, 0.25) is 0 Å². The number of nitrogens with zero attached hydrogens (tertiary/aromatic N) is 4. The summed E-state index contributed by atoms with van der Waals surface area (Å²) in [5.74, 6) is -0.955. The Morgan fingerprint density at radius 3 is 1.96 bits per heavy atom. The summed E-state index contributed by atoms with van der Waals surface area (Å²) >= 11 is 0. The van der Waals surface area contributed by atoms with Crippen LogP contribution in [0.15, 0.2) is 72.5 Å². The number of carbonyl (C=O) groups excluding carboxylic acids is 2. The minimum absolute atomic E-state index is 0.0688. The van der Waals surface area contributed by atoms with Crippen molar-refractivity contribution in [2.45, 2.75) is 58.0 Å². The maximum Gasteiger partial charge on any atom is 0.286 e. The monoisotopic (exact) mass is 752 g/mol. The van der Waals surface area contributed by atoms with E-state index in [1.54, 1.807) is 30.5 Å². The van der Waals surface area contributed by atoms with Crippen molar-refractivity contribution in [3.63, 3.8) is 0 Å². The van der Waals surface area contributed by atoms with Crippen molar-refractivity contribution in [1.82, 2.24) is 9.80 Å². The smallest absolute Gasteiger partial charge is 0.286 e. The molecule has 0 saturated carbocycles. The van der Waals surface area contributed by atoms with Gasteiger partial charge in [0.05, 0.1) is 74.7 Å². The van der Waals surface area contributed by atoms with E-state index in [4.69, 9.17) is 18.9 Å². The third kappa shape index (κ3) is 10.7. The molecule has 0 spiro atoms. The maximum atomic E-state index is 13.4. The number of hydrogen-bond acceptors (Lipinski definition) is 12. The van der Waals surface area contributed by atoms with Crippen LogP contribution in [-0.2, 0) is 0 Å². The number of benzene rings is 2. The lowest BCUT2D eigenvalue weighted by atomic mass is 10.0. The van der Waals surface area contributed by atoms with Crippen LogP contribution in [0.5, 0.6) is 23.0 Å². The van der Waals surface area contributed by atoms with Crippen LogP contribution in [0.2, 0.25) is 0 Å². The van der Waals surface area contributed by atoms with Gasteiger partial charge in [-0.05, 0) is 51.5 Å². The molecule has 2 unspecified atom stereocenters. The molecular weight excluding hydrogens is 704 g/mol. The summed E-state index contributed by atoms with van der Waals surface area (Å²) in [5, 5.41) is 43.8. The minimum atomic E-state index is -0.686. The van der Waals surface area contributed by atoms with Crippen LogP contribution in [0.1, 0.15) is 66.7 Å². The van der Waals surface area contributed by atoms with E-state index in [-0.39, 0.29) is 67.0 Å². The third-order valence-electron chi connectivity index (χ3n) is 8.70. The number of likely N-dealkylation sites (N-methyl/N-ethyl adjacent to an activating group) is 1. The van der Waals surface area contributed by atoms with E-state index in [0.29, 0.717) is 31.3 Å². The van der Waals surface area contributed by atoms with Crippen molar-refractivity contribution in [2.75, 3.05) is 47.7 Å². The van der Waals surface area contributed by atoms with Crippen molar-refractivity contribution in [3.8, 4) is 23.0 Å². The topological polar surface area (TPSA) is 204 Å². The van der Waals surface area contributed by atoms with Gasteiger partial charge in [0.15, 0.2) is 23.0 Å². The van der Waals surface area contributed by atoms with Gasteiger partial charge in [0.1, 0.15) is 11.1 Å². The van der Waals surface area contributed by atoms with Gasteiger partial charge >= 0.3 is 0 Å². The van der Waals surface area contributed by atoms with Crippen molar-refractivity contribution >= 4 is 23.2 Å². The van der Waals surface area contributed by atoms with Gasteiger partial charge in [-0.1, -0.05) is 36.5 Å². The van der Waals surface area contributed by atoms with Crippen molar-refractivity contribution < 1.29 is 48.6 Å². The number of hydrogen-bond donors (Lipinski definition) is 2. The SMILES string of the molecule is C=C(/C=C/C)CC(CO)N(C)C(=O)c1cc(OC)c(OCCCCCOc2cc([N+](=O)[O-])c(C(=O)N3C=C(/C=C/C)CC3CO)cc2OC)cc1[N+](=O)[O-]. The van der Waals surface area contributed by atoms with Crippen LogP contribution >= 0.6 is 0 Å². The number of unbranched alkanes of at least 4 members (excludes halogenated alkanes) is 2. The summed E-state index contributed by atoms with van der Waals surface area (Å²) in [7, 11) is 4.15. The summed E-state index contributed by atoms with van der Waals surface area (Å²) in [6.07, 6.45) is 10.9. The third-order valence-corrected chi connectivity index (χ3v) is 8.70. The number of ether oxygens (including phenoxy) is 4. The highest BCUT2D eigenvalue weighted by atomic mass is 16.6. The van der Waals surface area contributed by atoms with E-state index < -0.39 is 45.1 Å². The first-order chi connectivity index (χ1) is 25.8. The fourth-order valence-corrected chi connectivity index (χ4v) is 5.87.